The molecule has 130 valence electrons. The molecule has 0 aliphatic heterocycles. The molecule has 0 saturated heterocycles. The molecular weight excluding hydrogens is 351 g/mol. The molecule has 2 rings (SSSR count). The van der Waals surface area contributed by atoms with Crippen LogP contribution < -0.4 is 39.4 Å². The molecule has 0 heterocycles. The van der Waals surface area contributed by atoms with Gasteiger partial charge in [0, 0.05) is 0 Å². The van der Waals surface area contributed by atoms with Crippen LogP contribution >= 0.6 is 0 Å². The van der Waals surface area contributed by atoms with E-state index in [4.69, 9.17) is 4.74 Å². The van der Waals surface area contributed by atoms with Crippen molar-refractivity contribution >= 4 is 10.1 Å². The van der Waals surface area contributed by atoms with Crippen LogP contribution in [0.4, 0.5) is 0 Å². The Kier molecular flexibility index (Phi) is 8.96. The van der Waals surface area contributed by atoms with Crippen LogP contribution in [0.5, 0.6) is 17.2 Å². The Labute approximate surface area is 171 Å². The molecule has 0 fully saturated rings. The van der Waals surface area contributed by atoms with Gasteiger partial charge in [-0.15, -0.1) is 5.75 Å². The van der Waals surface area contributed by atoms with Crippen molar-refractivity contribution in [1.82, 2.24) is 0 Å². The molecule has 0 amide bonds. The predicted octanol–water partition coefficient (Wildman–Crippen LogP) is 0.926. The van der Waals surface area contributed by atoms with Crippen molar-refractivity contribution in [2.24, 2.45) is 0 Å². The topological polar surface area (TPSA) is 86.7 Å². The average Bonchev–Trinajstić information content (AvgIpc) is 2.53. The second-order valence-electron chi connectivity index (χ2n) is 5.64. The molecule has 0 saturated carbocycles. The molecule has 0 spiro atoms. The maximum absolute atomic E-state index is 11.4. The Hall–Kier alpha value is -1.05. The van der Waals surface area contributed by atoms with E-state index in [-0.39, 0.29) is 35.3 Å². The van der Waals surface area contributed by atoms with Gasteiger partial charge in [0.05, 0.1) is 0 Å². The zero-order valence-corrected chi connectivity index (χ0v) is 17.4. The van der Waals surface area contributed by atoms with Gasteiger partial charge in [-0.05, 0) is 42.7 Å². The van der Waals surface area contributed by atoms with Gasteiger partial charge < -0.3 is 9.84 Å². The van der Waals surface area contributed by atoms with Gasteiger partial charge in [-0.1, -0.05) is 44.4 Å². The van der Waals surface area contributed by atoms with Crippen LogP contribution in [0.1, 0.15) is 38.2 Å². The molecule has 0 aromatic heterocycles. The Morgan fingerprint density at radius 1 is 1.08 bits per heavy atom. The number of benzene rings is 2. The molecule has 2 aromatic rings. The summed E-state index contributed by atoms with van der Waals surface area (Å²) in [4.78, 5) is -0.525. The van der Waals surface area contributed by atoms with E-state index in [2.05, 4.69) is 6.92 Å². The molecular formula is C18H21NaO5S. The first kappa shape index (κ1) is 22.0. The first-order valence-corrected chi connectivity index (χ1v) is 9.39. The van der Waals surface area contributed by atoms with Gasteiger partial charge in [-0.2, -0.15) is 8.42 Å². The van der Waals surface area contributed by atoms with E-state index in [0.717, 1.165) is 24.5 Å². The molecule has 0 aliphatic carbocycles. The fourth-order valence-electron chi connectivity index (χ4n) is 2.42. The Morgan fingerprint density at radius 2 is 1.84 bits per heavy atom. The first-order valence-electron chi connectivity index (χ1n) is 7.95. The Bertz CT molecular complexity index is 790. The third-order valence-corrected chi connectivity index (χ3v) is 4.51. The summed E-state index contributed by atoms with van der Waals surface area (Å²) in [6, 6.07) is 10.7. The molecule has 0 atom stereocenters. The van der Waals surface area contributed by atoms with Crippen LogP contribution in [0.25, 0.3) is 0 Å². The quantitative estimate of drug-likeness (QED) is 0.423. The minimum Gasteiger partial charge on any atom is -0.872 e. The summed E-state index contributed by atoms with van der Waals surface area (Å²) in [6.07, 6.45) is 5.55. The van der Waals surface area contributed by atoms with Gasteiger partial charge in [-0.3, -0.25) is 4.55 Å². The number of unbranched alkanes of at least 4 members (excludes halogenated alkanes) is 3. The van der Waals surface area contributed by atoms with E-state index in [1.165, 1.54) is 31.4 Å². The molecule has 25 heavy (non-hydrogen) atoms. The molecule has 1 N–H and O–H groups in total. The van der Waals surface area contributed by atoms with Crippen molar-refractivity contribution in [3.05, 3.63) is 48.0 Å². The predicted molar refractivity (Wildman–Crippen MR) is 90.1 cm³/mol. The third kappa shape index (κ3) is 6.99. The number of aryl methyl sites for hydroxylation is 1. The molecule has 5 nitrogen and oxygen atoms in total. The normalized spacial score (nSPS) is 11.0. The summed E-state index contributed by atoms with van der Waals surface area (Å²) in [5.41, 5.74) is 1.09. The van der Waals surface area contributed by atoms with Gasteiger partial charge in [0.1, 0.15) is 16.4 Å². The molecule has 0 aliphatic rings. The van der Waals surface area contributed by atoms with Crippen LogP contribution in [0, 0.1) is 0 Å². The van der Waals surface area contributed by atoms with Gasteiger partial charge in [0.15, 0.2) is 0 Å². The van der Waals surface area contributed by atoms with E-state index in [1.54, 1.807) is 6.07 Å². The second-order valence-corrected chi connectivity index (χ2v) is 7.03. The monoisotopic (exact) mass is 372 g/mol. The number of hydrogen-bond acceptors (Lipinski definition) is 4. The van der Waals surface area contributed by atoms with Gasteiger partial charge in [0.2, 0.25) is 0 Å². The summed E-state index contributed by atoms with van der Waals surface area (Å²) in [5, 5.41) is 11.3. The zero-order valence-electron chi connectivity index (χ0n) is 14.6. The average molecular weight is 372 g/mol. The van der Waals surface area contributed by atoms with E-state index in [0.29, 0.717) is 5.75 Å². The van der Waals surface area contributed by atoms with Crippen molar-refractivity contribution in [2.45, 2.75) is 43.9 Å². The van der Waals surface area contributed by atoms with Gasteiger partial charge in [0.25, 0.3) is 10.1 Å². The summed E-state index contributed by atoms with van der Waals surface area (Å²) < 4.78 is 37.6. The van der Waals surface area contributed by atoms with E-state index >= 15 is 0 Å². The van der Waals surface area contributed by atoms with E-state index < -0.39 is 20.8 Å². The number of ether oxygens (including phenoxy) is 1. The molecule has 2 aromatic carbocycles. The molecule has 7 heteroatoms. The summed E-state index contributed by atoms with van der Waals surface area (Å²) in [5.74, 6) is -0.119. The first-order chi connectivity index (χ1) is 11.4. The second kappa shape index (κ2) is 10.2. The van der Waals surface area contributed by atoms with Crippen LogP contribution in [-0.4, -0.2) is 13.0 Å². The zero-order chi connectivity index (χ0) is 17.6. The van der Waals surface area contributed by atoms with E-state index in [9.17, 15) is 18.1 Å². The Morgan fingerprint density at radius 3 is 2.52 bits per heavy atom. The van der Waals surface area contributed by atoms with Crippen molar-refractivity contribution in [3.8, 4) is 17.2 Å². The Balaban J connectivity index is 0.00000312. The third-order valence-electron chi connectivity index (χ3n) is 3.64. The SMILES string of the molecule is CCCCCCc1cccc(Oc2ccc([O-])cc2S(=O)(=O)O)c1.[Na+]. The maximum atomic E-state index is 11.4. The van der Waals surface area contributed by atoms with Crippen molar-refractivity contribution in [3.63, 3.8) is 0 Å². The molecule has 0 bridgehead atoms. The minimum absolute atomic E-state index is 0. The molecule has 0 radical (unpaired) electrons. The minimum atomic E-state index is -4.53. The van der Waals surface area contributed by atoms with E-state index in [1.807, 2.05) is 18.2 Å². The van der Waals surface area contributed by atoms with Crippen molar-refractivity contribution in [1.29, 1.82) is 0 Å². The van der Waals surface area contributed by atoms with Gasteiger partial charge >= 0.3 is 29.6 Å². The van der Waals surface area contributed by atoms with Crippen LogP contribution in [0.3, 0.4) is 0 Å². The standard InChI is InChI=1S/C18H22O5S.Na/c1-2-3-4-5-7-14-8-6-9-16(12-14)23-17-11-10-15(19)13-18(17)24(20,21)22;/h6,8-13,19H,2-5,7H2,1H3,(H,20,21,22);/q;+1/p-1. The number of hydrogen-bond donors (Lipinski definition) is 1. The summed E-state index contributed by atoms with van der Waals surface area (Å²) in [7, 11) is -4.53. The van der Waals surface area contributed by atoms with Crippen molar-refractivity contribution in [2.75, 3.05) is 0 Å². The summed E-state index contributed by atoms with van der Waals surface area (Å²) in [6.45, 7) is 2.16. The summed E-state index contributed by atoms with van der Waals surface area (Å²) >= 11 is 0. The smallest absolute Gasteiger partial charge is 0.872 e. The fourth-order valence-corrected chi connectivity index (χ4v) is 3.05. The number of rotatable bonds is 8. The van der Waals surface area contributed by atoms with Crippen LogP contribution in [0.15, 0.2) is 47.4 Å². The van der Waals surface area contributed by atoms with Crippen LogP contribution in [0.2, 0.25) is 0 Å². The fraction of sp³-hybridized carbons (Fsp3) is 0.333. The molecule has 0 unspecified atom stereocenters. The largest absolute Gasteiger partial charge is 1.00 e. The van der Waals surface area contributed by atoms with Gasteiger partial charge in [-0.25, -0.2) is 0 Å². The van der Waals surface area contributed by atoms with Crippen LogP contribution in [-0.2, 0) is 16.5 Å². The van der Waals surface area contributed by atoms with Crippen molar-refractivity contribution < 1.29 is 52.4 Å². The maximum Gasteiger partial charge on any atom is 1.00 e.